The van der Waals surface area contributed by atoms with Crippen LogP contribution in [0.3, 0.4) is 0 Å². The molecule has 1 unspecified atom stereocenters. The van der Waals surface area contributed by atoms with Crippen molar-refractivity contribution in [2.24, 2.45) is 5.92 Å². The van der Waals surface area contributed by atoms with Gasteiger partial charge in [-0.1, -0.05) is 12.1 Å². The molecule has 2 amide bonds. The highest BCUT2D eigenvalue weighted by Crippen LogP contribution is 2.24. The first-order chi connectivity index (χ1) is 12.5. The number of hydrogen-bond donors (Lipinski definition) is 1. The number of amides is 2. The number of piperidine rings is 1. The molecule has 2 heterocycles. The summed E-state index contributed by atoms with van der Waals surface area (Å²) in [5.41, 5.74) is 3.10. The molecule has 0 bridgehead atoms. The summed E-state index contributed by atoms with van der Waals surface area (Å²) in [5, 5.41) is 3.07. The van der Waals surface area contributed by atoms with Crippen molar-refractivity contribution in [1.29, 1.82) is 0 Å². The van der Waals surface area contributed by atoms with Crippen molar-refractivity contribution in [1.82, 2.24) is 9.80 Å². The normalized spacial score (nSPS) is 20.2. The van der Waals surface area contributed by atoms with Gasteiger partial charge in [0.05, 0.1) is 6.04 Å². The fourth-order valence-electron chi connectivity index (χ4n) is 4.00. The molecule has 2 fully saturated rings. The van der Waals surface area contributed by atoms with Gasteiger partial charge in [0.2, 0.25) is 11.8 Å². The molecule has 0 aromatic heterocycles. The van der Waals surface area contributed by atoms with Gasteiger partial charge in [0.15, 0.2) is 0 Å². The van der Waals surface area contributed by atoms with Crippen molar-refractivity contribution in [3.8, 4) is 0 Å². The van der Waals surface area contributed by atoms with E-state index in [-0.39, 0.29) is 17.9 Å². The number of likely N-dealkylation sites (tertiary alicyclic amines) is 2. The van der Waals surface area contributed by atoms with Gasteiger partial charge in [-0.25, -0.2) is 0 Å². The number of aryl methyl sites for hydroxylation is 2. The van der Waals surface area contributed by atoms with E-state index < -0.39 is 0 Å². The van der Waals surface area contributed by atoms with Crippen LogP contribution in [0.1, 0.15) is 43.7 Å². The zero-order valence-electron chi connectivity index (χ0n) is 16.3. The summed E-state index contributed by atoms with van der Waals surface area (Å²) in [7, 11) is 0. The number of nitrogens with zero attached hydrogens (tertiary/aromatic N) is 2. The molecule has 3 rings (SSSR count). The van der Waals surface area contributed by atoms with Gasteiger partial charge >= 0.3 is 0 Å². The molecule has 1 atom stereocenters. The van der Waals surface area contributed by atoms with E-state index in [1.54, 1.807) is 0 Å². The van der Waals surface area contributed by atoms with Crippen molar-refractivity contribution in [3.63, 3.8) is 0 Å². The minimum Gasteiger partial charge on any atom is -0.342 e. The minimum absolute atomic E-state index is 0.0306. The van der Waals surface area contributed by atoms with E-state index in [1.165, 1.54) is 0 Å². The van der Waals surface area contributed by atoms with Gasteiger partial charge in [0.25, 0.3) is 0 Å². The molecule has 1 aromatic carbocycles. The lowest BCUT2D eigenvalue weighted by Gasteiger charge is -2.36. The lowest BCUT2D eigenvalue weighted by molar-refractivity contribution is -0.136. The molecule has 0 aliphatic carbocycles. The van der Waals surface area contributed by atoms with Crippen LogP contribution in [0.5, 0.6) is 0 Å². The van der Waals surface area contributed by atoms with Gasteiger partial charge in [-0.2, -0.15) is 0 Å². The molecule has 142 valence electrons. The van der Waals surface area contributed by atoms with Crippen molar-refractivity contribution >= 4 is 17.5 Å². The zero-order chi connectivity index (χ0) is 18.7. The third-order valence-electron chi connectivity index (χ3n) is 5.87. The van der Waals surface area contributed by atoms with E-state index in [2.05, 4.69) is 16.3 Å². The van der Waals surface area contributed by atoms with Gasteiger partial charge in [-0.15, -0.1) is 0 Å². The Morgan fingerprint density at radius 3 is 2.38 bits per heavy atom. The summed E-state index contributed by atoms with van der Waals surface area (Å²) in [5.74, 6) is 0.497. The lowest BCUT2D eigenvalue weighted by Crippen LogP contribution is -2.48. The molecular formula is C21H31N3O2. The van der Waals surface area contributed by atoms with E-state index in [0.717, 1.165) is 68.7 Å². The number of nitrogens with one attached hydrogen (secondary N) is 1. The number of hydrogen-bond acceptors (Lipinski definition) is 3. The molecule has 1 N–H and O–H groups in total. The number of rotatable bonds is 4. The van der Waals surface area contributed by atoms with Crippen molar-refractivity contribution < 1.29 is 9.59 Å². The minimum atomic E-state index is -0.183. The Morgan fingerprint density at radius 2 is 1.73 bits per heavy atom. The fraction of sp³-hybridized carbons (Fsp3) is 0.619. The smallest absolute Gasteiger partial charge is 0.241 e. The molecule has 2 aliphatic heterocycles. The highest BCUT2D eigenvalue weighted by Gasteiger charge is 2.32. The first-order valence-corrected chi connectivity index (χ1v) is 9.86. The number of benzene rings is 1. The van der Waals surface area contributed by atoms with Gasteiger partial charge in [0, 0.05) is 24.7 Å². The maximum atomic E-state index is 12.7. The van der Waals surface area contributed by atoms with Crippen LogP contribution in [0.25, 0.3) is 0 Å². The largest absolute Gasteiger partial charge is 0.342 e. The predicted molar refractivity (Wildman–Crippen MR) is 104 cm³/mol. The second-order valence-corrected chi connectivity index (χ2v) is 7.83. The Labute approximate surface area is 156 Å². The number of anilines is 1. The standard InChI is InChI=1S/C21H31N3O2/c1-15-6-7-16(2)19(14-15)22-20(25)17(3)23-12-8-18(9-13-23)21(26)24-10-4-5-11-24/h6-7,14,17-18H,4-5,8-13H2,1-3H3,(H,22,25). The van der Waals surface area contributed by atoms with E-state index in [4.69, 9.17) is 0 Å². The third-order valence-corrected chi connectivity index (χ3v) is 5.87. The highest BCUT2D eigenvalue weighted by molar-refractivity contribution is 5.95. The maximum Gasteiger partial charge on any atom is 0.241 e. The summed E-state index contributed by atoms with van der Waals surface area (Å²) in [4.78, 5) is 29.4. The van der Waals surface area contributed by atoms with Crippen LogP contribution >= 0.6 is 0 Å². The van der Waals surface area contributed by atoms with Crippen molar-refractivity contribution in [3.05, 3.63) is 29.3 Å². The maximum absolute atomic E-state index is 12.7. The monoisotopic (exact) mass is 357 g/mol. The van der Waals surface area contributed by atoms with Crippen molar-refractivity contribution in [2.75, 3.05) is 31.5 Å². The van der Waals surface area contributed by atoms with Gasteiger partial charge < -0.3 is 10.2 Å². The van der Waals surface area contributed by atoms with Gasteiger partial charge in [-0.3, -0.25) is 14.5 Å². The van der Waals surface area contributed by atoms with Gasteiger partial charge in [0.1, 0.15) is 0 Å². The van der Waals surface area contributed by atoms with Crippen LogP contribution in [0.15, 0.2) is 18.2 Å². The van der Waals surface area contributed by atoms with Crippen LogP contribution in [0, 0.1) is 19.8 Å². The quantitative estimate of drug-likeness (QED) is 0.901. The van der Waals surface area contributed by atoms with Crippen LogP contribution in [0.2, 0.25) is 0 Å². The van der Waals surface area contributed by atoms with E-state index in [1.807, 2.05) is 37.8 Å². The molecule has 2 saturated heterocycles. The molecule has 1 aromatic rings. The van der Waals surface area contributed by atoms with Crippen LogP contribution < -0.4 is 5.32 Å². The molecule has 0 radical (unpaired) electrons. The molecular weight excluding hydrogens is 326 g/mol. The summed E-state index contributed by atoms with van der Waals surface area (Å²) >= 11 is 0. The number of carbonyl (C=O) groups is 2. The first-order valence-electron chi connectivity index (χ1n) is 9.86. The molecule has 5 nitrogen and oxygen atoms in total. The summed E-state index contributed by atoms with van der Waals surface area (Å²) in [6, 6.07) is 5.92. The average Bonchev–Trinajstić information content (AvgIpc) is 3.18. The van der Waals surface area contributed by atoms with Crippen LogP contribution in [0.4, 0.5) is 5.69 Å². The molecule has 2 aliphatic rings. The second kappa shape index (κ2) is 8.21. The average molecular weight is 357 g/mol. The Balaban J connectivity index is 1.52. The highest BCUT2D eigenvalue weighted by atomic mass is 16.2. The van der Waals surface area contributed by atoms with Crippen molar-refractivity contribution in [2.45, 2.75) is 52.5 Å². The van der Waals surface area contributed by atoms with E-state index in [9.17, 15) is 9.59 Å². The Bertz CT molecular complexity index is 659. The van der Waals surface area contributed by atoms with E-state index in [0.29, 0.717) is 5.91 Å². The third kappa shape index (κ3) is 4.26. The molecule has 5 heteroatoms. The fourth-order valence-corrected chi connectivity index (χ4v) is 4.00. The predicted octanol–water partition coefficient (Wildman–Crippen LogP) is 2.96. The Hall–Kier alpha value is -1.88. The molecule has 0 spiro atoms. The summed E-state index contributed by atoms with van der Waals surface area (Å²) in [6.45, 7) is 9.47. The SMILES string of the molecule is Cc1ccc(C)c(NC(=O)C(C)N2CCC(C(=O)N3CCCC3)CC2)c1. The van der Waals surface area contributed by atoms with Crippen LogP contribution in [-0.4, -0.2) is 53.8 Å². The second-order valence-electron chi connectivity index (χ2n) is 7.83. The molecule has 0 saturated carbocycles. The number of carbonyl (C=O) groups excluding carboxylic acids is 2. The van der Waals surface area contributed by atoms with Crippen LogP contribution in [-0.2, 0) is 9.59 Å². The first kappa shape index (κ1) is 18.9. The zero-order valence-corrected chi connectivity index (χ0v) is 16.3. The Kier molecular flexibility index (Phi) is 5.97. The summed E-state index contributed by atoms with van der Waals surface area (Å²) < 4.78 is 0. The summed E-state index contributed by atoms with van der Waals surface area (Å²) in [6.07, 6.45) is 3.99. The lowest BCUT2D eigenvalue weighted by atomic mass is 9.94. The Morgan fingerprint density at radius 1 is 1.08 bits per heavy atom. The molecule has 26 heavy (non-hydrogen) atoms. The van der Waals surface area contributed by atoms with E-state index >= 15 is 0 Å². The van der Waals surface area contributed by atoms with Gasteiger partial charge in [-0.05, 0) is 76.7 Å². The topological polar surface area (TPSA) is 52.7 Å².